The van der Waals surface area contributed by atoms with E-state index in [0.29, 0.717) is 33.1 Å². The summed E-state index contributed by atoms with van der Waals surface area (Å²) in [5.74, 6) is -0.197. The number of hydrazone groups is 1. The van der Waals surface area contributed by atoms with Crippen molar-refractivity contribution in [2.75, 3.05) is 12.9 Å². The third-order valence-electron chi connectivity index (χ3n) is 5.28. The molecule has 1 amide bonds. The number of esters is 1. The first kappa shape index (κ1) is 25.6. The van der Waals surface area contributed by atoms with Crippen molar-refractivity contribution in [3.05, 3.63) is 88.2 Å². The Hall–Kier alpha value is -4.44. The van der Waals surface area contributed by atoms with Gasteiger partial charge in [-0.05, 0) is 54.4 Å². The number of para-hydroxylation sites is 2. The number of nitrogens with one attached hydrogen (secondary N) is 1. The number of ether oxygens (including phenoxy) is 2. The zero-order valence-electron chi connectivity index (χ0n) is 20.4. The van der Waals surface area contributed by atoms with Crippen LogP contribution in [0.15, 0.2) is 81.8 Å². The molecule has 0 saturated carbocycles. The number of carbonyl (C=O) groups is 2. The number of rotatable bonds is 8. The SMILES string of the molecule is COc1cc(C=NNC(=O)CSc2nc3ccccc3c(=O)n2-c2ccccc2C)ccc1OC(C)=O. The van der Waals surface area contributed by atoms with Crippen molar-refractivity contribution in [1.29, 1.82) is 0 Å². The van der Waals surface area contributed by atoms with E-state index in [1.807, 2.05) is 37.3 Å². The summed E-state index contributed by atoms with van der Waals surface area (Å²) in [5, 5.41) is 4.90. The first-order valence-corrected chi connectivity index (χ1v) is 12.2. The fourth-order valence-electron chi connectivity index (χ4n) is 3.58. The molecule has 4 aromatic rings. The average Bonchev–Trinajstić information content (AvgIpc) is 2.89. The van der Waals surface area contributed by atoms with Gasteiger partial charge in [0.15, 0.2) is 16.7 Å². The molecular formula is C27H24N4O5S. The van der Waals surface area contributed by atoms with E-state index >= 15 is 0 Å². The number of hydrogen-bond acceptors (Lipinski definition) is 8. The molecule has 1 aromatic heterocycles. The number of aryl methyl sites for hydroxylation is 1. The average molecular weight is 517 g/mol. The van der Waals surface area contributed by atoms with Crippen molar-refractivity contribution >= 4 is 40.8 Å². The van der Waals surface area contributed by atoms with Crippen LogP contribution in [0, 0.1) is 6.92 Å². The number of amides is 1. The lowest BCUT2D eigenvalue weighted by Gasteiger charge is -2.14. The minimum absolute atomic E-state index is 0.0112. The summed E-state index contributed by atoms with van der Waals surface area (Å²) in [4.78, 5) is 41.7. The largest absolute Gasteiger partial charge is 0.493 e. The van der Waals surface area contributed by atoms with Crippen molar-refractivity contribution in [2.45, 2.75) is 19.0 Å². The van der Waals surface area contributed by atoms with Gasteiger partial charge < -0.3 is 9.47 Å². The number of carbonyl (C=O) groups excluding carboxylic acids is 2. The van der Waals surface area contributed by atoms with E-state index in [-0.39, 0.29) is 23.0 Å². The molecule has 37 heavy (non-hydrogen) atoms. The number of nitrogens with zero attached hydrogens (tertiary/aromatic N) is 3. The molecule has 0 bridgehead atoms. The van der Waals surface area contributed by atoms with E-state index in [0.717, 1.165) is 17.3 Å². The Balaban J connectivity index is 1.51. The number of methoxy groups -OCH3 is 1. The van der Waals surface area contributed by atoms with Crippen LogP contribution in [0.3, 0.4) is 0 Å². The molecule has 0 aliphatic rings. The number of hydrogen-bond donors (Lipinski definition) is 1. The molecule has 0 fully saturated rings. The zero-order valence-corrected chi connectivity index (χ0v) is 21.2. The molecule has 0 unspecified atom stereocenters. The van der Waals surface area contributed by atoms with Gasteiger partial charge in [-0.15, -0.1) is 0 Å². The van der Waals surface area contributed by atoms with E-state index in [1.165, 1.54) is 24.8 Å². The van der Waals surface area contributed by atoms with Crippen LogP contribution < -0.4 is 20.5 Å². The van der Waals surface area contributed by atoms with Crippen molar-refractivity contribution in [3.63, 3.8) is 0 Å². The standard InChI is InChI=1S/C27H24N4O5S/c1-17-8-4-7-11-22(17)31-26(34)20-9-5-6-10-21(20)29-27(31)37-16-25(33)30-28-15-19-12-13-23(36-18(2)32)24(14-19)35-3/h4-15H,16H2,1-3H3,(H,30,33). The fourth-order valence-corrected chi connectivity index (χ4v) is 4.38. The first-order chi connectivity index (χ1) is 17.9. The maximum absolute atomic E-state index is 13.4. The maximum Gasteiger partial charge on any atom is 0.308 e. The lowest BCUT2D eigenvalue weighted by Crippen LogP contribution is -2.24. The van der Waals surface area contributed by atoms with Crippen LogP contribution in [0.25, 0.3) is 16.6 Å². The number of fused-ring (bicyclic) bond motifs is 1. The molecule has 0 aliphatic carbocycles. The Morgan fingerprint density at radius 1 is 1.08 bits per heavy atom. The normalized spacial score (nSPS) is 11.0. The second-order valence-electron chi connectivity index (χ2n) is 7.92. The summed E-state index contributed by atoms with van der Waals surface area (Å²) in [6.07, 6.45) is 1.44. The minimum atomic E-state index is -0.460. The van der Waals surface area contributed by atoms with E-state index < -0.39 is 5.97 Å². The Morgan fingerprint density at radius 3 is 2.59 bits per heavy atom. The van der Waals surface area contributed by atoms with Crippen LogP contribution in [0.1, 0.15) is 18.1 Å². The molecule has 9 nitrogen and oxygen atoms in total. The van der Waals surface area contributed by atoms with Gasteiger partial charge in [-0.1, -0.05) is 42.1 Å². The van der Waals surface area contributed by atoms with Gasteiger partial charge in [0, 0.05) is 6.92 Å². The highest BCUT2D eigenvalue weighted by atomic mass is 32.2. The van der Waals surface area contributed by atoms with Gasteiger partial charge >= 0.3 is 5.97 Å². The zero-order chi connectivity index (χ0) is 26.4. The summed E-state index contributed by atoms with van der Waals surface area (Å²) >= 11 is 1.15. The second kappa shape index (κ2) is 11.5. The lowest BCUT2D eigenvalue weighted by molar-refractivity contribution is -0.132. The van der Waals surface area contributed by atoms with Crippen molar-refractivity contribution < 1.29 is 19.1 Å². The summed E-state index contributed by atoms with van der Waals surface area (Å²) in [6, 6.07) is 19.5. The van der Waals surface area contributed by atoms with Crippen LogP contribution in [0.4, 0.5) is 0 Å². The molecule has 0 radical (unpaired) electrons. The molecule has 4 rings (SSSR count). The lowest BCUT2D eigenvalue weighted by atomic mass is 10.2. The highest BCUT2D eigenvalue weighted by Crippen LogP contribution is 2.27. The Labute approximate surface area is 217 Å². The van der Waals surface area contributed by atoms with Crippen LogP contribution in [0.2, 0.25) is 0 Å². The predicted octanol–water partition coefficient (Wildman–Crippen LogP) is 3.87. The van der Waals surface area contributed by atoms with Gasteiger partial charge in [0.1, 0.15) is 0 Å². The van der Waals surface area contributed by atoms with Gasteiger partial charge in [-0.25, -0.2) is 10.4 Å². The third-order valence-corrected chi connectivity index (χ3v) is 6.22. The second-order valence-corrected chi connectivity index (χ2v) is 8.87. The molecule has 1 heterocycles. The number of thioether (sulfide) groups is 1. The van der Waals surface area contributed by atoms with E-state index in [9.17, 15) is 14.4 Å². The molecule has 3 aromatic carbocycles. The maximum atomic E-state index is 13.4. The molecule has 188 valence electrons. The summed E-state index contributed by atoms with van der Waals surface area (Å²) < 4.78 is 11.9. The van der Waals surface area contributed by atoms with E-state index in [4.69, 9.17) is 9.47 Å². The van der Waals surface area contributed by atoms with Gasteiger partial charge in [0.05, 0.1) is 35.7 Å². The van der Waals surface area contributed by atoms with Gasteiger partial charge in [0.2, 0.25) is 0 Å². The Kier molecular flexibility index (Phi) is 7.99. The molecule has 0 spiro atoms. The number of aromatic nitrogens is 2. The smallest absolute Gasteiger partial charge is 0.308 e. The molecular weight excluding hydrogens is 492 g/mol. The van der Waals surface area contributed by atoms with Crippen LogP contribution in [0.5, 0.6) is 11.5 Å². The number of benzene rings is 3. The van der Waals surface area contributed by atoms with Crippen molar-refractivity contribution in [1.82, 2.24) is 15.0 Å². The minimum Gasteiger partial charge on any atom is -0.493 e. The third kappa shape index (κ3) is 6.04. The summed E-state index contributed by atoms with van der Waals surface area (Å²) in [7, 11) is 1.46. The predicted molar refractivity (Wildman–Crippen MR) is 143 cm³/mol. The van der Waals surface area contributed by atoms with Crippen molar-refractivity contribution in [3.8, 4) is 17.2 Å². The summed E-state index contributed by atoms with van der Waals surface area (Å²) in [6.45, 7) is 3.22. The highest BCUT2D eigenvalue weighted by Gasteiger charge is 2.16. The first-order valence-electron chi connectivity index (χ1n) is 11.3. The monoisotopic (exact) mass is 516 g/mol. The summed E-state index contributed by atoms with van der Waals surface area (Å²) in [5.41, 5.74) is 5.08. The van der Waals surface area contributed by atoms with E-state index in [2.05, 4.69) is 15.5 Å². The quantitative estimate of drug-likeness (QED) is 0.0945. The van der Waals surface area contributed by atoms with Crippen LogP contribution >= 0.6 is 11.8 Å². The molecule has 10 heteroatoms. The Bertz CT molecular complexity index is 1560. The van der Waals surface area contributed by atoms with Gasteiger partial charge in [0.25, 0.3) is 11.5 Å². The molecule has 0 saturated heterocycles. The van der Waals surface area contributed by atoms with Gasteiger partial charge in [-0.2, -0.15) is 5.10 Å². The highest BCUT2D eigenvalue weighted by molar-refractivity contribution is 7.99. The molecule has 0 atom stereocenters. The molecule has 1 N–H and O–H groups in total. The topological polar surface area (TPSA) is 112 Å². The van der Waals surface area contributed by atoms with Crippen LogP contribution in [-0.4, -0.2) is 40.5 Å². The van der Waals surface area contributed by atoms with E-state index in [1.54, 1.807) is 36.4 Å². The fraction of sp³-hybridized carbons (Fsp3) is 0.148. The van der Waals surface area contributed by atoms with Crippen molar-refractivity contribution in [2.24, 2.45) is 5.10 Å². The Morgan fingerprint density at radius 2 is 1.84 bits per heavy atom. The van der Waals surface area contributed by atoms with Gasteiger partial charge in [-0.3, -0.25) is 19.0 Å². The van der Waals surface area contributed by atoms with Crippen LogP contribution in [-0.2, 0) is 9.59 Å². The molecule has 0 aliphatic heterocycles.